The first-order chi connectivity index (χ1) is 9.95. The van der Waals surface area contributed by atoms with Gasteiger partial charge in [-0.2, -0.15) is 0 Å². The maximum absolute atomic E-state index is 12.6. The van der Waals surface area contributed by atoms with E-state index in [9.17, 15) is 19.8 Å². The third-order valence-corrected chi connectivity index (χ3v) is 3.55. The van der Waals surface area contributed by atoms with Crippen LogP contribution < -0.4 is 4.74 Å². The molecule has 0 spiro atoms. The number of ether oxygens (including phenoxy) is 1. The lowest BCUT2D eigenvalue weighted by Crippen LogP contribution is -2.22. The highest BCUT2D eigenvalue weighted by Gasteiger charge is 2.36. The van der Waals surface area contributed by atoms with E-state index in [1.807, 2.05) is 0 Å². The fourth-order valence-electron chi connectivity index (χ4n) is 2.63. The van der Waals surface area contributed by atoms with E-state index in [0.29, 0.717) is 0 Å². The fraction of sp³-hybridized carbons (Fsp3) is 0.125. The molecule has 0 amide bonds. The first kappa shape index (κ1) is 13.2. The second kappa shape index (κ2) is 4.34. The number of carbonyl (C=O) groups excluding carboxylic acids is 2. The van der Waals surface area contributed by atoms with Gasteiger partial charge in [-0.05, 0) is 36.8 Å². The van der Waals surface area contributed by atoms with Crippen LogP contribution in [-0.2, 0) is 0 Å². The second-order valence-electron chi connectivity index (χ2n) is 4.90. The summed E-state index contributed by atoms with van der Waals surface area (Å²) in [7, 11) is 1.41. The first-order valence-electron chi connectivity index (χ1n) is 6.28. The summed E-state index contributed by atoms with van der Waals surface area (Å²) in [5.74, 6) is -1.43. The zero-order valence-electron chi connectivity index (χ0n) is 11.4. The number of benzene rings is 2. The smallest absolute Gasteiger partial charge is 0.202 e. The zero-order valence-corrected chi connectivity index (χ0v) is 11.4. The lowest BCUT2D eigenvalue weighted by Gasteiger charge is -2.21. The summed E-state index contributed by atoms with van der Waals surface area (Å²) in [6.45, 7) is 1.78. The minimum atomic E-state index is -0.537. The minimum Gasteiger partial charge on any atom is -0.507 e. The largest absolute Gasteiger partial charge is 0.507 e. The highest BCUT2D eigenvalue weighted by atomic mass is 16.5. The third-order valence-electron chi connectivity index (χ3n) is 3.55. The SMILES string of the molecule is COc1cc(C)cc2c1C(=O)c1c(O)ccc(O)c1C2=O. The van der Waals surface area contributed by atoms with Gasteiger partial charge in [-0.15, -0.1) is 0 Å². The lowest BCUT2D eigenvalue weighted by molar-refractivity contribution is 0.0971. The Bertz CT molecular complexity index is 805. The molecule has 0 heterocycles. The van der Waals surface area contributed by atoms with Crippen LogP contribution in [-0.4, -0.2) is 28.9 Å². The Kier molecular flexibility index (Phi) is 2.73. The van der Waals surface area contributed by atoms with Gasteiger partial charge in [0.15, 0.2) is 5.78 Å². The van der Waals surface area contributed by atoms with Gasteiger partial charge in [0.25, 0.3) is 0 Å². The zero-order chi connectivity index (χ0) is 15.3. The van der Waals surface area contributed by atoms with Crippen molar-refractivity contribution in [2.45, 2.75) is 6.92 Å². The number of carbonyl (C=O) groups is 2. The number of rotatable bonds is 1. The van der Waals surface area contributed by atoms with E-state index in [1.165, 1.54) is 19.2 Å². The Morgan fingerprint density at radius 3 is 2.05 bits per heavy atom. The molecule has 5 heteroatoms. The Morgan fingerprint density at radius 2 is 1.48 bits per heavy atom. The van der Waals surface area contributed by atoms with Gasteiger partial charge in [0.2, 0.25) is 5.78 Å². The topological polar surface area (TPSA) is 83.8 Å². The van der Waals surface area contributed by atoms with Crippen molar-refractivity contribution in [3.05, 3.63) is 52.1 Å². The maximum atomic E-state index is 12.6. The van der Waals surface area contributed by atoms with Gasteiger partial charge in [0, 0.05) is 5.56 Å². The molecule has 106 valence electrons. The number of ketones is 2. The first-order valence-corrected chi connectivity index (χ1v) is 6.28. The standard InChI is InChI=1S/C16H12O5/c1-7-5-8-12(11(6-7)21-2)16(20)14-10(18)4-3-9(17)13(14)15(8)19/h3-6,17-18H,1-2H3. The number of fused-ring (bicyclic) bond motifs is 2. The number of phenols is 2. The molecule has 0 aromatic heterocycles. The number of aryl methyl sites for hydroxylation is 1. The van der Waals surface area contributed by atoms with Crippen molar-refractivity contribution >= 4 is 11.6 Å². The van der Waals surface area contributed by atoms with Crippen LogP contribution in [0.5, 0.6) is 17.2 Å². The number of methoxy groups -OCH3 is 1. The molecule has 0 fully saturated rings. The molecule has 2 aromatic carbocycles. The molecule has 2 N–H and O–H groups in total. The van der Waals surface area contributed by atoms with Crippen LogP contribution in [0.4, 0.5) is 0 Å². The highest BCUT2D eigenvalue weighted by molar-refractivity contribution is 6.31. The molecule has 0 bridgehead atoms. The molecule has 21 heavy (non-hydrogen) atoms. The minimum absolute atomic E-state index is 0.113. The van der Waals surface area contributed by atoms with Crippen LogP contribution in [0.15, 0.2) is 24.3 Å². The Labute approximate surface area is 120 Å². The lowest BCUT2D eigenvalue weighted by atomic mass is 9.82. The Morgan fingerprint density at radius 1 is 0.905 bits per heavy atom. The van der Waals surface area contributed by atoms with Crippen molar-refractivity contribution < 1.29 is 24.5 Å². The van der Waals surface area contributed by atoms with E-state index >= 15 is 0 Å². The summed E-state index contributed by atoms with van der Waals surface area (Å²) in [5, 5.41) is 19.8. The molecule has 2 aromatic rings. The highest BCUT2D eigenvalue weighted by Crippen LogP contribution is 2.40. The number of aromatic hydroxyl groups is 2. The predicted octanol–water partition coefficient (Wildman–Crippen LogP) is 2.19. The third kappa shape index (κ3) is 1.71. The van der Waals surface area contributed by atoms with Gasteiger partial charge in [-0.1, -0.05) is 0 Å². The molecule has 1 aliphatic carbocycles. The number of hydrogen-bond acceptors (Lipinski definition) is 5. The van der Waals surface area contributed by atoms with Crippen LogP contribution in [0.2, 0.25) is 0 Å². The molecular weight excluding hydrogens is 272 g/mol. The van der Waals surface area contributed by atoms with Crippen molar-refractivity contribution in [2.75, 3.05) is 7.11 Å². The van der Waals surface area contributed by atoms with E-state index < -0.39 is 11.6 Å². The summed E-state index contributed by atoms with van der Waals surface area (Å²) in [6, 6.07) is 5.60. The molecule has 0 saturated heterocycles. The van der Waals surface area contributed by atoms with Crippen molar-refractivity contribution in [3.63, 3.8) is 0 Å². The van der Waals surface area contributed by atoms with E-state index in [1.54, 1.807) is 19.1 Å². The monoisotopic (exact) mass is 284 g/mol. The molecule has 0 unspecified atom stereocenters. The van der Waals surface area contributed by atoms with Crippen molar-refractivity contribution in [1.29, 1.82) is 0 Å². The van der Waals surface area contributed by atoms with Gasteiger partial charge in [0.05, 0.1) is 23.8 Å². The maximum Gasteiger partial charge on any atom is 0.202 e. The summed E-state index contributed by atoms with van der Waals surface area (Å²) in [5.41, 5.74) is 0.691. The molecule has 0 radical (unpaired) electrons. The van der Waals surface area contributed by atoms with Gasteiger partial charge in [-0.3, -0.25) is 9.59 Å². The van der Waals surface area contributed by atoms with E-state index in [4.69, 9.17) is 4.74 Å². The number of phenolic OH excluding ortho intramolecular Hbond substituents is 2. The van der Waals surface area contributed by atoms with Crippen LogP contribution >= 0.6 is 0 Å². The Balaban J connectivity index is 2.41. The summed E-state index contributed by atoms with van der Waals surface area (Å²) in [4.78, 5) is 25.2. The van der Waals surface area contributed by atoms with Crippen molar-refractivity contribution in [2.24, 2.45) is 0 Å². The summed E-state index contributed by atoms with van der Waals surface area (Å²) in [6.07, 6.45) is 0. The molecule has 3 rings (SSSR count). The number of hydrogen-bond donors (Lipinski definition) is 2. The Hall–Kier alpha value is -2.82. The molecule has 0 atom stereocenters. The molecule has 5 nitrogen and oxygen atoms in total. The van der Waals surface area contributed by atoms with Crippen LogP contribution in [0.25, 0.3) is 0 Å². The van der Waals surface area contributed by atoms with E-state index in [0.717, 1.165) is 5.56 Å². The predicted molar refractivity (Wildman–Crippen MR) is 74.4 cm³/mol. The summed E-state index contributed by atoms with van der Waals surface area (Å²) >= 11 is 0. The van der Waals surface area contributed by atoms with Gasteiger partial charge >= 0.3 is 0 Å². The van der Waals surface area contributed by atoms with E-state index in [2.05, 4.69) is 0 Å². The summed E-state index contributed by atoms with van der Waals surface area (Å²) < 4.78 is 5.18. The van der Waals surface area contributed by atoms with Crippen LogP contribution in [0.3, 0.4) is 0 Å². The van der Waals surface area contributed by atoms with Gasteiger partial charge in [0.1, 0.15) is 17.2 Å². The molecular formula is C16H12O5. The van der Waals surface area contributed by atoms with Crippen LogP contribution in [0, 0.1) is 6.92 Å². The fourth-order valence-corrected chi connectivity index (χ4v) is 2.63. The van der Waals surface area contributed by atoms with Crippen molar-refractivity contribution in [1.82, 2.24) is 0 Å². The van der Waals surface area contributed by atoms with Gasteiger partial charge < -0.3 is 14.9 Å². The van der Waals surface area contributed by atoms with Crippen LogP contribution in [0.1, 0.15) is 37.4 Å². The van der Waals surface area contributed by atoms with Gasteiger partial charge in [-0.25, -0.2) is 0 Å². The average molecular weight is 284 g/mol. The normalized spacial score (nSPS) is 12.9. The van der Waals surface area contributed by atoms with Crippen molar-refractivity contribution in [3.8, 4) is 17.2 Å². The molecule has 0 saturated carbocycles. The molecule has 1 aliphatic rings. The quantitative estimate of drug-likeness (QED) is 0.669. The molecule has 0 aliphatic heterocycles. The second-order valence-corrected chi connectivity index (χ2v) is 4.90. The van der Waals surface area contributed by atoms with E-state index in [-0.39, 0.29) is 39.5 Å². The average Bonchev–Trinajstić information content (AvgIpc) is 2.46.